The minimum atomic E-state index is -1.33. The molecule has 4 atom stereocenters. The second-order valence-electron chi connectivity index (χ2n) is 7.36. The van der Waals surface area contributed by atoms with Gasteiger partial charge >= 0.3 is 0 Å². The summed E-state index contributed by atoms with van der Waals surface area (Å²) in [6.45, 7) is 1.99. The van der Waals surface area contributed by atoms with E-state index < -0.39 is 30.4 Å². The summed E-state index contributed by atoms with van der Waals surface area (Å²) in [7, 11) is 1.43. The topological polar surface area (TPSA) is 158 Å². The molecular formula is C21H22N6O5. The Morgan fingerprint density at radius 2 is 2.00 bits per heavy atom. The van der Waals surface area contributed by atoms with E-state index in [0.29, 0.717) is 11.2 Å². The van der Waals surface area contributed by atoms with Gasteiger partial charge in [0.25, 0.3) is 0 Å². The lowest BCUT2D eigenvalue weighted by Crippen LogP contribution is -2.33. The molecule has 0 radical (unpaired) electrons. The maximum Gasteiger partial charge on any atom is 0.220 e. The molecule has 2 aromatic heterocycles. The van der Waals surface area contributed by atoms with E-state index in [1.165, 1.54) is 18.0 Å². The molecular weight excluding hydrogens is 416 g/mol. The maximum atomic E-state index is 11.3. The number of anilines is 1. The van der Waals surface area contributed by atoms with Crippen LogP contribution in [0.5, 0.6) is 0 Å². The summed E-state index contributed by atoms with van der Waals surface area (Å²) in [6, 6.07) is 7.69. The van der Waals surface area contributed by atoms with Crippen LogP contribution in [0, 0.1) is 18.8 Å². The van der Waals surface area contributed by atoms with Gasteiger partial charge in [0.2, 0.25) is 11.7 Å². The molecule has 5 N–H and O–H groups in total. The average molecular weight is 438 g/mol. The average Bonchev–Trinajstić information content (AvgIpc) is 3.30. The smallest absolute Gasteiger partial charge is 0.220 e. The molecule has 1 amide bonds. The number of aryl methyl sites for hydroxylation is 1. The van der Waals surface area contributed by atoms with Gasteiger partial charge in [-0.1, -0.05) is 23.6 Å². The number of primary amides is 1. The number of rotatable bonds is 5. The van der Waals surface area contributed by atoms with Gasteiger partial charge in [0.1, 0.15) is 12.2 Å². The number of carbonyl (C=O) groups is 1. The van der Waals surface area contributed by atoms with Crippen molar-refractivity contribution in [3.63, 3.8) is 0 Å². The van der Waals surface area contributed by atoms with Gasteiger partial charge in [-0.05, 0) is 25.0 Å². The van der Waals surface area contributed by atoms with Crippen molar-refractivity contribution < 1.29 is 24.6 Å². The molecule has 32 heavy (non-hydrogen) atoms. The minimum absolute atomic E-state index is 0.182. The number of fused-ring (bicyclic) bond motifs is 1. The van der Waals surface area contributed by atoms with Crippen LogP contribution in [0.4, 0.5) is 5.82 Å². The van der Waals surface area contributed by atoms with Crippen LogP contribution in [0.3, 0.4) is 0 Å². The zero-order chi connectivity index (χ0) is 22.8. The summed E-state index contributed by atoms with van der Waals surface area (Å²) in [6.07, 6.45) is -3.46. The van der Waals surface area contributed by atoms with E-state index in [1.807, 2.05) is 31.2 Å². The number of carbonyl (C=O) groups excluding carboxylic acids is 1. The molecule has 1 aliphatic rings. The fourth-order valence-electron chi connectivity index (χ4n) is 3.42. The first-order chi connectivity index (χ1) is 15.4. The number of nitrogens with zero attached hydrogens (tertiary/aromatic N) is 4. The molecule has 3 aromatic rings. The molecule has 0 spiro atoms. The lowest BCUT2D eigenvalue weighted by Gasteiger charge is -2.16. The van der Waals surface area contributed by atoms with Gasteiger partial charge < -0.3 is 20.7 Å². The van der Waals surface area contributed by atoms with Crippen molar-refractivity contribution in [2.75, 3.05) is 12.6 Å². The monoisotopic (exact) mass is 438 g/mol. The fraction of sp³-hybridized carbons (Fsp3) is 0.333. The zero-order valence-electron chi connectivity index (χ0n) is 17.4. The van der Waals surface area contributed by atoms with Crippen molar-refractivity contribution in [3.8, 4) is 11.8 Å². The van der Waals surface area contributed by atoms with Crippen LogP contribution in [-0.2, 0) is 14.4 Å². The maximum absolute atomic E-state index is 11.3. The molecule has 4 rings (SSSR count). The Bertz CT molecular complexity index is 1200. The number of benzene rings is 1. The van der Waals surface area contributed by atoms with Crippen LogP contribution in [0.15, 0.2) is 30.6 Å². The number of aliphatic hydroxyl groups excluding tert-OH is 2. The molecule has 1 aliphatic heterocycles. The molecule has 0 aliphatic carbocycles. The standard InChI is InChI=1S/C21H22N6O5/c1-11-3-5-12(6-4-11)7-8-15-24-19(26-31-2)16-20(25-15)27(10-23-16)21-18(30)17(29)13(32-21)9-14(22)28/h3-6,10,13,17-18,21,29-30H,9H2,1-2H3,(H2,22,28)(H,24,25,26)/t13-,17-,18+,21+/m0/s1. The normalized spacial score (nSPS) is 22.5. The highest BCUT2D eigenvalue weighted by Crippen LogP contribution is 2.33. The summed E-state index contributed by atoms with van der Waals surface area (Å²) in [5.74, 6) is 5.71. The third-order valence-corrected chi connectivity index (χ3v) is 5.00. The van der Waals surface area contributed by atoms with Gasteiger partial charge in [-0.2, -0.15) is 4.98 Å². The predicted molar refractivity (Wildman–Crippen MR) is 113 cm³/mol. The first-order valence-corrected chi connectivity index (χ1v) is 9.79. The first kappa shape index (κ1) is 21.7. The highest BCUT2D eigenvalue weighted by atomic mass is 16.6. The van der Waals surface area contributed by atoms with E-state index >= 15 is 0 Å². The molecule has 11 nitrogen and oxygen atoms in total. The lowest BCUT2D eigenvalue weighted by molar-refractivity contribution is -0.122. The van der Waals surface area contributed by atoms with E-state index in [1.54, 1.807) is 0 Å². The Hall–Kier alpha value is -3.56. The van der Waals surface area contributed by atoms with Gasteiger partial charge in [-0.15, -0.1) is 0 Å². The third-order valence-electron chi connectivity index (χ3n) is 5.00. The molecule has 1 aromatic carbocycles. The largest absolute Gasteiger partial charge is 0.388 e. The number of aromatic nitrogens is 4. The Kier molecular flexibility index (Phi) is 6.02. The molecule has 0 saturated carbocycles. The number of imidazole rings is 1. The van der Waals surface area contributed by atoms with Crippen molar-refractivity contribution in [2.45, 2.75) is 37.9 Å². The van der Waals surface area contributed by atoms with Crippen LogP contribution >= 0.6 is 0 Å². The van der Waals surface area contributed by atoms with Crippen LogP contribution < -0.4 is 11.2 Å². The lowest BCUT2D eigenvalue weighted by atomic mass is 10.1. The number of aliphatic hydroxyl groups is 2. The summed E-state index contributed by atoms with van der Waals surface area (Å²) >= 11 is 0. The quantitative estimate of drug-likeness (QED) is 0.318. The van der Waals surface area contributed by atoms with Crippen molar-refractivity contribution in [1.29, 1.82) is 0 Å². The minimum Gasteiger partial charge on any atom is -0.388 e. The van der Waals surface area contributed by atoms with Crippen LogP contribution in [0.1, 0.15) is 29.6 Å². The van der Waals surface area contributed by atoms with E-state index in [9.17, 15) is 15.0 Å². The second-order valence-corrected chi connectivity index (χ2v) is 7.36. The molecule has 166 valence electrons. The summed E-state index contributed by atoms with van der Waals surface area (Å²) in [5.41, 5.74) is 10.4. The van der Waals surface area contributed by atoms with Gasteiger partial charge in [0.15, 0.2) is 23.2 Å². The highest BCUT2D eigenvalue weighted by molar-refractivity contribution is 5.83. The molecule has 1 saturated heterocycles. The van der Waals surface area contributed by atoms with Gasteiger partial charge in [-0.25, -0.2) is 15.4 Å². The number of hydrogen-bond acceptors (Lipinski definition) is 9. The van der Waals surface area contributed by atoms with Crippen LogP contribution in [-0.4, -0.2) is 61.1 Å². The number of ether oxygens (including phenoxy) is 1. The van der Waals surface area contributed by atoms with E-state index in [0.717, 1.165) is 11.1 Å². The van der Waals surface area contributed by atoms with E-state index in [-0.39, 0.29) is 18.1 Å². The third kappa shape index (κ3) is 4.25. The Morgan fingerprint density at radius 3 is 2.69 bits per heavy atom. The summed E-state index contributed by atoms with van der Waals surface area (Å²) < 4.78 is 7.15. The predicted octanol–water partition coefficient (Wildman–Crippen LogP) is 0.00242. The molecule has 0 unspecified atom stereocenters. The summed E-state index contributed by atoms with van der Waals surface area (Å²) in [4.78, 5) is 29.3. The van der Waals surface area contributed by atoms with E-state index in [4.69, 9.17) is 15.3 Å². The molecule has 0 bridgehead atoms. The zero-order valence-corrected chi connectivity index (χ0v) is 17.4. The molecule has 3 heterocycles. The Morgan fingerprint density at radius 1 is 1.25 bits per heavy atom. The van der Waals surface area contributed by atoms with Gasteiger partial charge in [0.05, 0.1) is 26.0 Å². The van der Waals surface area contributed by atoms with Crippen molar-refractivity contribution in [2.24, 2.45) is 5.73 Å². The van der Waals surface area contributed by atoms with E-state index in [2.05, 4.69) is 32.3 Å². The Labute approximate surface area is 183 Å². The van der Waals surface area contributed by atoms with Crippen LogP contribution in [0.25, 0.3) is 11.2 Å². The number of amides is 1. The SMILES string of the molecule is CONc1nc(C#Cc2ccc(C)cc2)nc2c1ncn2[C@@H]1O[C@@H](CC(N)=O)[C@H](O)[C@H]1O. The Balaban J connectivity index is 1.74. The summed E-state index contributed by atoms with van der Waals surface area (Å²) in [5, 5.41) is 20.8. The number of nitrogens with one attached hydrogen (secondary N) is 1. The van der Waals surface area contributed by atoms with Gasteiger partial charge in [-0.3, -0.25) is 14.2 Å². The van der Waals surface area contributed by atoms with Crippen molar-refractivity contribution in [1.82, 2.24) is 19.5 Å². The second kappa shape index (κ2) is 8.89. The van der Waals surface area contributed by atoms with Crippen molar-refractivity contribution >= 4 is 22.9 Å². The fourth-order valence-corrected chi connectivity index (χ4v) is 3.42. The van der Waals surface area contributed by atoms with Crippen LogP contribution in [0.2, 0.25) is 0 Å². The highest BCUT2D eigenvalue weighted by Gasteiger charge is 2.44. The first-order valence-electron chi connectivity index (χ1n) is 9.79. The van der Waals surface area contributed by atoms with Crippen molar-refractivity contribution in [3.05, 3.63) is 47.5 Å². The van der Waals surface area contributed by atoms with Gasteiger partial charge in [0, 0.05) is 5.56 Å². The molecule has 1 fully saturated rings. The number of nitrogens with two attached hydrogens (primary N) is 1. The number of hydrogen-bond donors (Lipinski definition) is 4. The molecule has 11 heteroatoms.